The molecule has 3 aromatic carbocycles. The van der Waals surface area contributed by atoms with Gasteiger partial charge >= 0.3 is 0 Å². The van der Waals surface area contributed by atoms with E-state index < -0.39 is 0 Å². The van der Waals surface area contributed by atoms with E-state index in [-0.39, 0.29) is 5.91 Å². The van der Waals surface area contributed by atoms with E-state index in [9.17, 15) is 4.79 Å². The fraction of sp³-hybridized carbons (Fsp3) is 0.125. The van der Waals surface area contributed by atoms with Crippen molar-refractivity contribution in [3.8, 4) is 11.5 Å². The number of rotatable bonds is 8. The zero-order chi connectivity index (χ0) is 23.1. The highest BCUT2D eigenvalue weighted by molar-refractivity contribution is 9.10. The Morgan fingerprint density at radius 3 is 2.53 bits per heavy atom. The summed E-state index contributed by atoms with van der Waals surface area (Å²) in [6.07, 6.45) is 3.12. The Morgan fingerprint density at radius 2 is 1.81 bits per heavy atom. The molecule has 0 heterocycles. The van der Waals surface area contributed by atoms with E-state index in [1.54, 1.807) is 24.3 Å². The Balaban J connectivity index is 1.75. The third kappa shape index (κ3) is 6.75. The van der Waals surface area contributed by atoms with Crippen molar-refractivity contribution in [1.82, 2.24) is 0 Å². The number of nitrogens with one attached hydrogen (secondary N) is 1. The Kier molecular flexibility index (Phi) is 9.05. The fourth-order valence-electron chi connectivity index (χ4n) is 2.79. The van der Waals surface area contributed by atoms with Crippen molar-refractivity contribution >= 4 is 72.7 Å². The van der Waals surface area contributed by atoms with E-state index in [0.29, 0.717) is 44.9 Å². The molecule has 0 aromatic heterocycles. The Hall–Kier alpha value is -1.99. The number of amides is 1. The second kappa shape index (κ2) is 11.8. The molecule has 0 bridgehead atoms. The van der Waals surface area contributed by atoms with Crippen molar-refractivity contribution in [2.24, 2.45) is 0 Å². The number of hydrogen-bond acceptors (Lipinski definition) is 3. The maximum atomic E-state index is 12.3. The van der Waals surface area contributed by atoms with Gasteiger partial charge in [0.2, 0.25) is 5.91 Å². The van der Waals surface area contributed by atoms with Crippen LogP contribution in [0.15, 0.2) is 69.6 Å². The highest BCUT2D eigenvalue weighted by Crippen LogP contribution is 2.38. The van der Waals surface area contributed by atoms with E-state index >= 15 is 0 Å². The van der Waals surface area contributed by atoms with Crippen LogP contribution in [0.25, 0.3) is 6.08 Å². The van der Waals surface area contributed by atoms with Crippen LogP contribution >= 0.6 is 55.1 Å². The first-order chi connectivity index (χ1) is 15.4. The lowest BCUT2D eigenvalue weighted by molar-refractivity contribution is -0.111. The molecule has 0 aliphatic rings. The number of ether oxygens (including phenoxy) is 2. The predicted molar refractivity (Wildman–Crippen MR) is 138 cm³/mol. The van der Waals surface area contributed by atoms with Crippen LogP contribution in [0.3, 0.4) is 0 Å². The summed E-state index contributed by atoms with van der Waals surface area (Å²) >= 11 is 19.3. The normalized spacial score (nSPS) is 10.9. The summed E-state index contributed by atoms with van der Waals surface area (Å²) in [4.78, 5) is 12.3. The molecular formula is C24H19Br2Cl2NO3. The molecule has 0 saturated carbocycles. The van der Waals surface area contributed by atoms with Gasteiger partial charge in [-0.15, -0.1) is 0 Å². The summed E-state index contributed by atoms with van der Waals surface area (Å²) in [7, 11) is 0. The third-order valence-corrected chi connectivity index (χ3v) is 6.04. The summed E-state index contributed by atoms with van der Waals surface area (Å²) in [6.45, 7) is 2.65. The highest BCUT2D eigenvalue weighted by Gasteiger charge is 2.13. The average Bonchev–Trinajstić information content (AvgIpc) is 2.75. The van der Waals surface area contributed by atoms with Gasteiger partial charge in [0.05, 0.1) is 21.8 Å². The van der Waals surface area contributed by atoms with Crippen molar-refractivity contribution < 1.29 is 14.3 Å². The van der Waals surface area contributed by atoms with Gasteiger partial charge in [-0.25, -0.2) is 0 Å². The molecule has 0 aliphatic heterocycles. The largest absolute Gasteiger partial charge is 0.490 e. The predicted octanol–water partition coefficient (Wildman–Crippen LogP) is 8.15. The summed E-state index contributed by atoms with van der Waals surface area (Å²) in [5.41, 5.74) is 2.17. The molecule has 0 atom stereocenters. The van der Waals surface area contributed by atoms with Gasteiger partial charge in [0.15, 0.2) is 11.5 Å². The zero-order valence-electron chi connectivity index (χ0n) is 17.0. The zero-order valence-corrected chi connectivity index (χ0v) is 21.7. The fourth-order valence-corrected chi connectivity index (χ4v) is 4.27. The van der Waals surface area contributed by atoms with Gasteiger partial charge in [-0.3, -0.25) is 4.79 Å². The van der Waals surface area contributed by atoms with Gasteiger partial charge in [-0.2, -0.15) is 0 Å². The van der Waals surface area contributed by atoms with E-state index in [2.05, 4.69) is 37.2 Å². The van der Waals surface area contributed by atoms with E-state index in [0.717, 1.165) is 15.6 Å². The molecule has 0 fully saturated rings. The van der Waals surface area contributed by atoms with E-state index in [1.807, 2.05) is 43.3 Å². The average molecular weight is 600 g/mol. The molecule has 3 aromatic rings. The number of benzene rings is 3. The van der Waals surface area contributed by atoms with Crippen molar-refractivity contribution in [1.29, 1.82) is 0 Å². The monoisotopic (exact) mass is 597 g/mol. The number of halogens is 4. The Morgan fingerprint density at radius 1 is 1.03 bits per heavy atom. The highest BCUT2D eigenvalue weighted by atomic mass is 79.9. The molecule has 3 rings (SSSR count). The van der Waals surface area contributed by atoms with Gasteiger partial charge in [0.1, 0.15) is 6.61 Å². The lowest BCUT2D eigenvalue weighted by atomic mass is 10.1. The minimum absolute atomic E-state index is 0.296. The van der Waals surface area contributed by atoms with Crippen LogP contribution in [0.5, 0.6) is 11.5 Å². The number of hydrogen-bond donors (Lipinski definition) is 1. The van der Waals surface area contributed by atoms with Crippen LogP contribution in [-0.2, 0) is 11.4 Å². The van der Waals surface area contributed by atoms with Crippen molar-refractivity contribution in [2.75, 3.05) is 11.9 Å². The number of carbonyl (C=O) groups is 1. The van der Waals surface area contributed by atoms with Crippen molar-refractivity contribution in [3.63, 3.8) is 0 Å². The molecule has 4 nitrogen and oxygen atoms in total. The maximum absolute atomic E-state index is 12.3. The summed E-state index contributed by atoms with van der Waals surface area (Å²) in [5.74, 6) is 0.822. The summed E-state index contributed by atoms with van der Waals surface area (Å²) in [5, 5.41) is 3.84. The molecule has 0 saturated heterocycles. The van der Waals surface area contributed by atoms with Crippen LogP contribution in [0.1, 0.15) is 18.1 Å². The maximum Gasteiger partial charge on any atom is 0.248 e. The van der Waals surface area contributed by atoms with Crippen molar-refractivity contribution in [3.05, 3.63) is 90.8 Å². The van der Waals surface area contributed by atoms with Gasteiger partial charge in [0, 0.05) is 21.1 Å². The molecule has 1 amide bonds. The molecule has 32 heavy (non-hydrogen) atoms. The first-order valence-corrected chi connectivity index (χ1v) is 12.0. The van der Waals surface area contributed by atoms with Crippen LogP contribution in [-0.4, -0.2) is 12.5 Å². The van der Waals surface area contributed by atoms with Gasteiger partial charge in [-0.05, 0) is 70.9 Å². The minimum atomic E-state index is -0.303. The molecule has 0 radical (unpaired) electrons. The van der Waals surface area contributed by atoms with Gasteiger partial charge in [0.25, 0.3) is 0 Å². The first-order valence-electron chi connectivity index (χ1n) is 9.64. The molecule has 1 N–H and O–H groups in total. The standard InChI is InChI=1S/C24H19Br2Cl2NO3/c1-2-31-22-12-15(7-10-23(30)29-21-9-8-17(25)13-20(21)28)11-18(26)24(22)32-14-16-5-3-4-6-19(16)27/h3-13H,2,14H2,1H3,(H,29,30)/b10-7+. The van der Waals surface area contributed by atoms with Crippen LogP contribution < -0.4 is 14.8 Å². The lowest BCUT2D eigenvalue weighted by Crippen LogP contribution is -2.08. The van der Waals surface area contributed by atoms with E-state index in [1.165, 1.54) is 6.08 Å². The topological polar surface area (TPSA) is 47.6 Å². The smallest absolute Gasteiger partial charge is 0.248 e. The van der Waals surface area contributed by atoms with Crippen LogP contribution in [0, 0.1) is 0 Å². The molecule has 8 heteroatoms. The lowest BCUT2D eigenvalue weighted by Gasteiger charge is -2.15. The second-order valence-corrected chi connectivity index (χ2v) is 9.17. The number of anilines is 1. The summed E-state index contributed by atoms with van der Waals surface area (Å²) in [6, 6.07) is 16.4. The van der Waals surface area contributed by atoms with Gasteiger partial charge in [-0.1, -0.05) is 57.3 Å². The second-order valence-electron chi connectivity index (χ2n) is 6.59. The Bertz CT molecular complexity index is 1150. The Labute approximate surface area is 213 Å². The SMILES string of the molecule is CCOc1cc(/C=C/C(=O)Nc2ccc(Br)cc2Cl)cc(Br)c1OCc1ccccc1Cl. The number of carbonyl (C=O) groups excluding carboxylic acids is 1. The first kappa shape index (κ1) is 24.6. The molecular weight excluding hydrogens is 581 g/mol. The van der Waals surface area contributed by atoms with Crippen LogP contribution in [0.4, 0.5) is 5.69 Å². The minimum Gasteiger partial charge on any atom is -0.490 e. The molecule has 0 spiro atoms. The molecule has 0 aliphatic carbocycles. The summed E-state index contributed by atoms with van der Waals surface area (Å²) < 4.78 is 13.3. The molecule has 166 valence electrons. The van der Waals surface area contributed by atoms with Gasteiger partial charge < -0.3 is 14.8 Å². The van der Waals surface area contributed by atoms with Crippen molar-refractivity contribution in [2.45, 2.75) is 13.5 Å². The van der Waals surface area contributed by atoms with Crippen LogP contribution in [0.2, 0.25) is 10.0 Å². The third-order valence-electron chi connectivity index (χ3n) is 4.28. The quantitative estimate of drug-likeness (QED) is 0.266. The van der Waals surface area contributed by atoms with E-state index in [4.69, 9.17) is 32.7 Å². The molecule has 0 unspecified atom stereocenters.